The van der Waals surface area contributed by atoms with Gasteiger partial charge in [-0.15, -0.1) is 5.10 Å². The number of amides is 1. The van der Waals surface area contributed by atoms with E-state index in [0.29, 0.717) is 49.4 Å². The summed E-state index contributed by atoms with van der Waals surface area (Å²) in [5, 5.41) is 14.5. The average Bonchev–Trinajstić information content (AvgIpc) is 3.38. The molecule has 41 heavy (non-hydrogen) atoms. The molecule has 0 aliphatic carbocycles. The Labute approximate surface area is 230 Å². The lowest BCUT2D eigenvalue weighted by atomic mass is 10.0. The fourth-order valence-corrected chi connectivity index (χ4v) is 4.48. The number of hydrogen-bond acceptors (Lipinski definition) is 8. The van der Waals surface area contributed by atoms with Gasteiger partial charge in [0.25, 0.3) is 11.5 Å². The van der Waals surface area contributed by atoms with E-state index in [1.165, 1.54) is 19.2 Å². The van der Waals surface area contributed by atoms with Crippen LogP contribution in [0.5, 0.6) is 0 Å². The average molecular weight is 573 g/mol. The van der Waals surface area contributed by atoms with Gasteiger partial charge in [-0.2, -0.15) is 23.0 Å². The molecule has 1 saturated heterocycles. The Hall–Kier alpha value is -4.66. The second kappa shape index (κ2) is 11.1. The molecular weight excluding hydrogens is 548 g/mol. The fraction of sp³-hybridized carbons (Fsp3) is 0.308. The largest absolute Gasteiger partial charge is 0.419 e. The predicted molar refractivity (Wildman–Crippen MR) is 138 cm³/mol. The van der Waals surface area contributed by atoms with Crippen molar-refractivity contribution in [2.75, 3.05) is 31.2 Å². The van der Waals surface area contributed by atoms with E-state index in [9.17, 15) is 27.2 Å². The summed E-state index contributed by atoms with van der Waals surface area (Å²) in [6, 6.07) is 5.67. The predicted octanol–water partition coefficient (Wildman–Crippen LogP) is 2.91. The number of carbonyl (C=O) groups excluding carboxylic acids is 1. The third kappa shape index (κ3) is 5.66. The number of pyridine rings is 1. The first-order valence-electron chi connectivity index (χ1n) is 12.5. The molecule has 1 aliphatic heterocycles. The second-order valence-corrected chi connectivity index (χ2v) is 9.28. The number of benzene rings is 1. The van der Waals surface area contributed by atoms with Crippen LogP contribution >= 0.6 is 0 Å². The molecule has 1 aromatic carbocycles. The molecule has 4 aromatic rings. The molecule has 1 atom stereocenters. The molecule has 1 N–H and O–H groups in total. The molecule has 0 saturated carbocycles. The van der Waals surface area contributed by atoms with E-state index in [-0.39, 0.29) is 16.9 Å². The van der Waals surface area contributed by atoms with Crippen LogP contribution in [-0.2, 0) is 18.0 Å². The van der Waals surface area contributed by atoms with Crippen LogP contribution < -0.4 is 15.8 Å². The van der Waals surface area contributed by atoms with Crippen molar-refractivity contribution in [2.24, 2.45) is 7.05 Å². The number of aromatic nitrogens is 6. The van der Waals surface area contributed by atoms with Crippen molar-refractivity contribution in [3.05, 3.63) is 81.8 Å². The molecule has 1 amide bonds. The lowest BCUT2D eigenvalue weighted by molar-refractivity contribution is -0.140. The number of nitrogens with one attached hydrogen (secondary N) is 1. The number of anilines is 1. The Morgan fingerprint density at radius 1 is 1.12 bits per heavy atom. The molecule has 11 nitrogen and oxygen atoms in total. The van der Waals surface area contributed by atoms with Gasteiger partial charge in [0.1, 0.15) is 17.3 Å². The third-order valence-corrected chi connectivity index (χ3v) is 6.58. The summed E-state index contributed by atoms with van der Waals surface area (Å²) < 4.78 is 62.0. The molecule has 1 fully saturated rings. The number of morpholine rings is 1. The number of carbonyl (C=O) groups is 1. The molecule has 0 radical (unpaired) electrons. The Kier molecular flexibility index (Phi) is 7.53. The first kappa shape index (κ1) is 27.9. The highest BCUT2D eigenvalue weighted by atomic mass is 19.4. The SMILES string of the molecule is C[C@@H](NC(=O)c1ccc(=O)n(-c2cnc(N3CCOCC3)c(-c3cnnn3C)c2)n1)c1cccc(C(F)(F)F)c1F. The van der Waals surface area contributed by atoms with Crippen LogP contribution in [0.2, 0.25) is 0 Å². The summed E-state index contributed by atoms with van der Waals surface area (Å²) in [5.74, 6) is -1.67. The topological polar surface area (TPSA) is 120 Å². The minimum atomic E-state index is -4.89. The molecular formula is C26H24F4N8O3. The van der Waals surface area contributed by atoms with Crippen LogP contribution in [0.1, 0.15) is 34.6 Å². The zero-order chi connectivity index (χ0) is 29.3. The number of nitrogens with zero attached hydrogens (tertiary/aromatic N) is 7. The van der Waals surface area contributed by atoms with Crippen molar-refractivity contribution in [2.45, 2.75) is 19.1 Å². The van der Waals surface area contributed by atoms with Gasteiger partial charge < -0.3 is 15.0 Å². The van der Waals surface area contributed by atoms with Gasteiger partial charge in [0.05, 0.1) is 48.6 Å². The Balaban J connectivity index is 1.47. The van der Waals surface area contributed by atoms with Gasteiger partial charge in [-0.1, -0.05) is 17.3 Å². The lowest BCUT2D eigenvalue weighted by Crippen LogP contribution is -2.37. The highest BCUT2D eigenvalue weighted by molar-refractivity contribution is 5.92. The maximum absolute atomic E-state index is 14.6. The monoisotopic (exact) mass is 572 g/mol. The maximum Gasteiger partial charge on any atom is 0.419 e. The Morgan fingerprint density at radius 2 is 1.88 bits per heavy atom. The first-order valence-corrected chi connectivity index (χ1v) is 12.5. The summed E-state index contributed by atoms with van der Waals surface area (Å²) in [6.07, 6.45) is -1.90. The van der Waals surface area contributed by atoms with E-state index >= 15 is 0 Å². The first-order chi connectivity index (χ1) is 19.5. The highest BCUT2D eigenvalue weighted by Gasteiger charge is 2.35. The third-order valence-electron chi connectivity index (χ3n) is 6.58. The van der Waals surface area contributed by atoms with E-state index < -0.39 is 35.1 Å². The molecule has 0 unspecified atom stereocenters. The number of ether oxygens (including phenoxy) is 1. The normalized spacial score (nSPS) is 14.6. The van der Waals surface area contributed by atoms with E-state index in [1.54, 1.807) is 24.0 Å². The summed E-state index contributed by atoms with van der Waals surface area (Å²) in [7, 11) is 1.71. The van der Waals surface area contributed by atoms with Crippen molar-refractivity contribution in [1.29, 1.82) is 0 Å². The minimum absolute atomic E-state index is 0.218. The molecule has 214 valence electrons. The lowest BCUT2D eigenvalue weighted by Gasteiger charge is -2.29. The van der Waals surface area contributed by atoms with Crippen LogP contribution in [0.4, 0.5) is 23.4 Å². The van der Waals surface area contributed by atoms with Gasteiger partial charge in [0.15, 0.2) is 0 Å². The van der Waals surface area contributed by atoms with Crippen molar-refractivity contribution < 1.29 is 27.1 Å². The number of aryl methyl sites for hydroxylation is 1. The van der Waals surface area contributed by atoms with Gasteiger partial charge in [-0.05, 0) is 25.1 Å². The fourth-order valence-electron chi connectivity index (χ4n) is 4.48. The molecule has 5 rings (SSSR count). The summed E-state index contributed by atoms with van der Waals surface area (Å²) in [6.45, 7) is 3.59. The van der Waals surface area contributed by atoms with E-state index in [2.05, 4.69) is 25.7 Å². The number of halogens is 4. The zero-order valence-corrected chi connectivity index (χ0v) is 21.9. The number of rotatable bonds is 6. The Morgan fingerprint density at radius 3 is 2.56 bits per heavy atom. The van der Waals surface area contributed by atoms with Crippen molar-refractivity contribution in [1.82, 2.24) is 35.1 Å². The van der Waals surface area contributed by atoms with Gasteiger partial charge in [0.2, 0.25) is 0 Å². The summed E-state index contributed by atoms with van der Waals surface area (Å²) in [4.78, 5) is 32.4. The minimum Gasteiger partial charge on any atom is -0.378 e. The molecule has 3 aromatic heterocycles. The van der Waals surface area contributed by atoms with Crippen molar-refractivity contribution in [3.8, 4) is 16.9 Å². The smallest absolute Gasteiger partial charge is 0.378 e. The van der Waals surface area contributed by atoms with Crippen molar-refractivity contribution in [3.63, 3.8) is 0 Å². The van der Waals surface area contributed by atoms with Gasteiger partial charge in [0, 0.05) is 37.3 Å². The quantitative estimate of drug-likeness (QED) is 0.351. The van der Waals surface area contributed by atoms with Crippen LogP contribution in [-0.4, -0.2) is 62.0 Å². The molecule has 1 aliphatic rings. The van der Waals surface area contributed by atoms with E-state index in [1.807, 2.05) is 4.90 Å². The van der Waals surface area contributed by atoms with Crippen LogP contribution in [0.25, 0.3) is 16.9 Å². The van der Waals surface area contributed by atoms with Crippen LogP contribution in [0.15, 0.2) is 53.6 Å². The van der Waals surface area contributed by atoms with Gasteiger partial charge in [-0.25, -0.2) is 14.1 Å². The summed E-state index contributed by atoms with van der Waals surface area (Å²) >= 11 is 0. The maximum atomic E-state index is 14.6. The number of alkyl halides is 3. The zero-order valence-electron chi connectivity index (χ0n) is 21.9. The summed E-state index contributed by atoms with van der Waals surface area (Å²) in [5.41, 5.74) is -1.07. The van der Waals surface area contributed by atoms with Crippen molar-refractivity contribution >= 4 is 11.7 Å². The molecule has 15 heteroatoms. The second-order valence-electron chi connectivity index (χ2n) is 9.28. The van der Waals surface area contributed by atoms with Crippen LogP contribution in [0, 0.1) is 5.82 Å². The molecule has 4 heterocycles. The molecule has 0 bridgehead atoms. The van der Waals surface area contributed by atoms with E-state index in [0.717, 1.165) is 22.9 Å². The van der Waals surface area contributed by atoms with E-state index in [4.69, 9.17) is 4.74 Å². The standard InChI is InChI=1S/C26H24F4N8O3/c1-15(17-4-3-5-19(23(17)27)26(28,29)30)33-25(40)20-6-7-22(39)38(34-20)16-12-18(21-14-32-35-36(21)2)24(31-13-16)37-8-10-41-11-9-37/h3-7,12-15H,8-11H2,1-2H3,(H,33,40)/t15-/m1/s1. The molecule has 0 spiro atoms. The van der Waals surface area contributed by atoms with Gasteiger partial charge >= 0.3 is 6.18 Å². The highest BCUT2D eigenvalue weighted by Crippen LogP contribution is 2.34. The van der Waals surface area contributed by atoms with Crippen LogP contribution in [0.3, 0.4) is 0 Å². The van der Waals surface area contributed by atoms with Gasteiger partial charge in [-0.3, -0.25) is 9.59 Å². The Bertz CT molecular complexity index is 1650. The number of hydrogen-bond donors (Lipinski definition) is 1.